The number of rotatable bonds is 4. The molecule has 0 bridgehead atoms. The minimum Gasteiger partial charge on any atom is -0.392 e. The van der Waals surface area contributed by atoms with E-state index < -0.39 is 6.10 Å². The lowest BCUT2D eigenvalue weighted by atomic mass is 10.0. The Balaban J connectivity index is 2.71. The van der Waals surface area contributed by atoms with E-state index in [1.807, 2.05) is 6.92 Å². The first-order valence-corrected chi connectivity index (χ1v) is 4.67. The highest BCUT2D eigenvalue weighted by Gasteiger charge is 2.06. The number of hydrogen-bond donors (Lipinski definition) is 1. The number of hydrogen-bond acceptors (Lipinski definition) is 1. The lowest BCUT2D eigenvalue weighted by Gasteiger charge is -2.10. The fourth-order valence-electron chi connectivity index (χ4n) is 1.42. The third kappa shape index (κ3) is 2.96. The maximum Gasteiger partial charge on any atom is 0.123 e. The van der Waals surface area contributed by atoms with Crippen molar-refractivity contribution in [2.45, 2.75) is 25.9 Å². The van der Waals surface area contributed by atoms with Gasteiger partial charge in [-0.1, -0.05) is 12.1 Å². The fourth-order valence-corrected chi connectivity index (χ4v) is 1.42. The topological polar surface area (TPSA) is 20.2 Å². The summed E-state index contributed by atoms with van der Waals surface area (Å²) in [7, 11) is 0. The van der Waals surface area contributed by atoms with Crippen molar-refractivity contribution in [3.05, 3.63) is 47.8 Å². The zero-order valence-corrected chi connectivity index (χ0v) is 8.33. The van der Waals surface area contributed by atoms with Crippen LogP contribution in [0.5, 0.6) is 0 Å². The smallest absolute Gasteiger partial charge is 0.123 e. The first kappa shape index (κ1) is 10.9. The molecule has 76 valence electrons. The molecule has 0 aliphatic carbocycles. The molecule has 0 heterocycles. The summed E-state index contributed by atoms with van der Waals surface area (Å²) in [5.74, 6) is -0.232. The van der Waals surface area contributed by atoms with Gasteiger partial charge in [0.25, 0.3) is 0 Å². The van der Waals surface area contributed by atoms with Gasteiger partial charge in [-0.3, -0.25) is 0 Å². The van der Waals surface area contributed by atoms with E-state index in [0.29, 0.717) is 12.8 Å². The van der Waals surface area contributed by atoms with Crippen molar-refractivity contribution in [2.75, 3.05) is 0 Å². The minimum absolute atomic E-state index is 0.232. The van der Waals surface area contributed by atoms with E-state index in [2.05, 4.69) is 6.58 Å². The highest BCUT2D eigenvalue weighted by Crippen LogP contribution is 2.13. The third-order valence-corrected chi connectivity index (χ3v) is 2.20. The predicted molar refractivity (Wildman–Crippen MR) is 55.7 cm³/mol. The largest absolute Gasteiger partial charge is 0.392 e. The molecule has 1 rings (SSSR count). The van der Waals surface area contributed by atoms with Crippen LogP contribution in [0, 0.1) is 12.7 Å². The van der Waals surface area contributed by atoms with E-state index in [9.17, 15) is 9.50 Å². The molecular weight excluding hydrogens is 179 g/mol. The molecule has 14 heavy (non-hydrogen) atoms. The molecule has 0 spiro atoms. The van der Waals surface area contributed by atoms with Crippen LogP contribution < -0.4 is 0 Å². The van der Waals surface area contributed by atoms with Crippen molar-refractivity contribution >= 4 is 0 Å². The monoisotopic (exact) mass is 194 g/mol. The van der Waals surface area contributed by atoms with Crippen LogP contribution in [0.2, 0.25) is 0 Å². The van der Waals surface area contributed by atoms with Crippen LogP contribution in [0.3, 0.4) is 0 Å². The van der Waals surface area contributed by atoms with Gasteiger partial charge in [-0.25, -0.2) is 4.39 Å². The van der Waals surface area contributed by atoms with Crippen molar-refractivity contribution in [1.29, 1.82) is 0 Å². The standard InChI is InChI=1S/C12H15FO/c1-3-4-12(14)8-10-5-6-11(13)7-9(10)2/h3,5-7,12,14H,1,4,8H2,2H3. The van der Waals surface area contributed by atoms with E-state index in [1.54, 1.807) is 12.1 Å². The quantitative estimate of drug-likeness (QED) is 0.730. The van der Waals surface area contributed by atoms with E-state index in [4.69, 9.17) is 0 Å². The molecule has 0 radical (unpaired) electrons. The molecule has 1 atom stereocenters. The second-order valence-electron chi connectivity index (χ2n) is 3.45. The van der Waals surface area contributed by atoms with Gasteiger partial charge in [0.1, 0.15) is 5.82 Å². The molecule has 1 nitrogen and oxygen atoms in total. The molecule has 0 aromatic heterocycles. The first-order chi connectivity index (χ1) is 6.63. The Morgan fingerprint density at radius 2 is 2.29 bits per heavy atom. The van der Waals surface area contributed by atoms with Crippen LogP contribution >= 0.6 is 0 Å². The van der Waals surface area contributed by atoms with Crippen LogP contribution in [-0.4, -0.2) is 11.2 Å². The summed E-state index contributed by atoms with van der Waals surface area (Å²) < 4.78 is 12.8. The molecule has 0 fully saturated rings. The maximum atomic E-state index is 12.8. The summed E-state index contributed by atoms with van der Waals surface area (Å²) in [6.07, 6.45) is 2.38. The fraction of sp³-hybridized carbons (Fsp3) is 0.333. The molecule has 0 saturated heterocycles. The van der Waals surface area contributed by atoms with Crippen LogP contribution in [0.1, 0.15) is 17.5 Å². The average Bonchev–Trinajstić information content (AvgIpc) is 2.10. The molecular formula is C12H15FO. The van der Waals surface area contributed by atoms with E-state index >= 15 is 0 Å². The van der Waals surface area contributed by atoms with Gasteiger partial charge in [0.15, 0.2) is 0 Å². The molecule has 0 amide bonds. The normalized spacial score (nSPS) is 12.5. The summed E-state index contributed by atoms with van der Waals surface area (Å²) >= 11 is 0. The molecule has 0 aliphatic rings. The molecule has 1 aromatic rings. The Hall–Kier alpha value is -1.15. The number of benzene rings is 1. The van der Waals surface area contributed by atoms with Gasteiger partial charge in [0.05, 0.1) is 6.10 Å². The SMILES string of the molecule is C=CCC(O)Cc1ccc(F)cc1C. The maximum absolute atomic E-state index is 12.8. The summed E-state index contributed by atoms with van der Waals surface area (Å²) in [5, 5.41) is 9.53. The van der Waals surface area contributed by atoms with E-state index in [-0.39, 0.29) is 5.82 Å². The summed E-state index contributed by atoms with van der Waals surface area (Å²) in [4.78, 5) is 0. The van der Waals surface area contributed by atoms with Gasteiger partial charge in [-0.2, -0.15) is 0 Å². The van der Waals surface area contributed by atoms with E-state index in [0.717, 1.165) is 11.1 Å². The second-order valence-corrected chi connectivity index (χ2v) is 3.45. The van der Waals surface area contributed by atoms with Crippen molar-refractivity contribution in [2.24, 2.45) is 0 Å². The van der Waals surface area contributed by atoms with Gasteiger partial charge < -0.3 is 5.11 Å². The zero-order chi connectivity index (χ0) is 10.6. The van der Waals surface area contributed by atoms with Gasteiger partial charge in [0.2, 0.25) is 0 Å². The van der Waals surface area contributed by atoms with E-state index in [1.165, 1.54) is 12.1 Å². The van der Waals surface area contributed by atoms with Crippen LogP contribution in [-0.2, 0) is 6.42 Å². The van der Waals surface area contributed by atoms with Crippen molar-refractivity contribution in [3.8, 4) is 0 Å². The molecule has 1 unspecified atom stereocenters. The summed E-state index contributed by atoms with van der Waals surface area (Å²) in [6, 6.07) is 4.62. The Morgan fingerprint density at radius 1 is 1.57 bits per heavy atom. The Kier molecular flexibility index (Phi) is 3.84. The van der Waals surface area contributed by atoms with Gasteiger partial charge >= 0.3 is 0 Å². The zero-order valence-electron chi connectivity index (χ0n) is 8.33. The number of aryl methyl sites for hydroxylation is 1. The van der Waals surface area contributed by atoms with Gasteiger partial charge in [0, 0.05) is 0 Å². The van der Waals surface area contributed by atoms with Crippen LogP contribution in [0.25, 0.3) is 0 Å². The highest BCUT2D eigenvalue weighted by molar-refractivity contribution is 5.27. The van der Waals surface area contributed by atoms with Crippen molar-refractivity contribution in [3.63, 3.8) is 0 Å². The number of halogens is 1. The highest BCUT2D eigenvalue weighted by atomic mass is 19.1. The Morgan fingerprint density at radius 3 is 2.86 bits per heavy atom. The van der Waals surface area contributed by atoms with Gasteiger partial charge in [-0.15, -0.1) is 6.58 Å². The average molecular weight is 194 g/mol. The molecule has 1 aromatic carbocycles. The lowest BCUT2D eigenvalue weighted by Crippen LogP contribution is -2.09. The van der Waals surface area contributed by atoms with Crippen LogP contribution in [0.15, 0.2) is 30.9 Å². The summed E-state index contributed by atoms with van der Waals surface area (Å²) in [6.45, 7) is 5.41. The number of aliphatic hydroxyl groups is 1. The number of aliphatic hydroxyl groups excluding tert-OH is 1. The minimum atomic E-state index is -0.420. The molecule has 0 saturated carbocycles. The lowest BCUT2D eigenvalue weighted by molar-refractivity contribution is 0.178. The molecule has 2 heteroatoms. The molecule has 0 aliphatic heterocycles. The van der Waals surface area contributed by atoms with Gasteiger partial charge in [-0.05, 0) is 43.0 Å². The third-order valence-electron chi connectivity index (χ3n) is 2.20. The second kappa shape index (κ2) is 4.91. The van der Waals surface area contributed by atoms with Crippen molar-refractivity contribution in [1.82, 2.24) is 0 Å². The first-order valence-electron chi connectivity index (χ1n) is 4.67. The van der Waals surface area contributed by atoms with Crippen molar-refractivity contribution < 1.29 is 9.50 Å². The van der Waals surface area contributed by atoms with Crippen LogP contribution in [0.4, 0.5) is 4.39 Å². The molecule has 1 N–H and O–H groups in total. The Bertz CT molecular complexity index is 320. The Labute approximate surface area is 83.9 Å². The summed E-state index contributed by atoms with van der Waals surface area (Å²) in [5.41, 5.74) is 1.87. The predicted octanol–water partition coefficient (Wildman–Crippen LogP) is 2.61.